The van der Waals surface area contributed by atoms with Crippen LogP contribution in [0, 0.1) is 12.8 Å². The van der Waals surface area contributed by atoms with E-state index in [-0.39, 0.29) is 6.04 Å². The molecule has 118 valence electrons. The molecule has 2 heterocycles. The van der Waals surface area contributed by atoms with Gasteiger partial charge < -0.3 is 20.0 Å². The average molecular weight is 292 g/mol. The predicted octanol–water partition coefficient (Wildman–Crippen LogP) is 2.16. The summed E-state index contributed by atoms with van der Waals surface area (Å²) in [5.41, 5.74) is 0. The van der Waals surface area contributed by atoms with Crippen LogP contribution in [0.5, 0.6) is 0 Å². The van der Waals surface area contributed by atoms with Crippen molar-refractivity contribution in [3.05, 3.63) is 23.7 Å². The number of likely N-dealkylation sites (tertiary alicyclic amines) is 1. The summed E-state index contributed by atoms with van der Waals surface area (Å²) in [4.78, 5) is 6.71. The summed E-state index contributed by atoms with van der Waals surface area (Å²) in [5.74, 6) is 3.41. The fourth-order valence-electron chi connectivity index (χ4n) is 2.84. The van der Waals surface area contributed by atoms with Gasteiger partial charge in [0.15, 0.2) is 5.96 Å². The van der Waals surface area contributed by atoms with E-state index >= 15 is 0 Å². The van der Waals surface area contributed by atoms with Crippen molar-refractivity contribution in [3.63, 3.8) is 0 Å². The Balaban J connectivity index is 1.80. The fraction of sp³-hybridized carbons (Fsp3) is 0.688. The molecule has 5 heteroatoms. The first-order valence-corrected chi connectivity index (χ1v) is 7.80. The average Bonchev–Trinajstić information content (AvgIpc) is 2.90. The van der Waals surface area contributed by atoms with E-state index in [1.807, 2.05) is 26.1 Å². The zero-order valence-corrected chi connectivity index (χ0v) is 13.6. The molecule has 2 unspecified atom stereocenters. The van der Waals surface area contributed by atoms with Crippen LogP contribution >= 0.6 is 0 Å². The van der Waals surface area contributed by atoms with Crippen LogP contribution in [0.2, 0.25) is 0 Å². The van der Waals surface area contributed by atoms with Gasteiger partial charge in [0, 0.05) is 20.1 Å². The van der Waals surface area contributed by atoms with Gasteiger partial charge in [0.25, 0.3) is 0 Å². The molecule has 0 spiro atoms. The van der Waals surface area contributed by atoms with Crippen molar-refractivity contribution < 1.29 is 4.42 Å². The third kappa shape index (κ3) is 4.77. The fourth-order valence-corrected chi connectivity index (χ4v) is 2.84. The molecule has 0 radical (unpaired) electrons. The molecule has 1 fully saturated rings. The Kier molecular flexibility index (Phi) is 5.67. The van der Waals surface area contributed by atoms with Crippen molar-refractivity contribution in [3.8, 4) is 0 Å². The van der Waals surface area contributed by atoms with Gasteiger partial charge in [-0.2, -0.15) is 0 Å². The molecule has 2 atom stereocenters. The Morgan fingerprint density at radius 1 is 1.52 bits per heavy atom. The van der Waals surface area contributed by atoms with Crippen molar-refractivity contribution in [1.29, 1.82) is 0 Å². The van der Waals surface area contributed by atoms with Crippen molar-refractivity contribution in [1.82, 2.24) is 15.5 Å². The van der Waals surface area contributed by atoms with Crippen LogP contribution in [-0.4, -0.2) is 44.6 Å². The standard InChI is InChI=1S/C16H28N4O/c1-12-7-8-15(21-12)13(2)19-16(17-3)18-10-14-6-5-9-20(4)11-14/h7-8,13-14H,5-6,9-11H2,1-4H3,(H2,17,18,19). The molecule has 0 amide bonds. The minimum absolute atomic E-state index is 0.110. The molecule has 0 bridgehead atoms. The van der Waals surface area contributed by atoms with Crippen LogP contribution in [0.25, 0.3) is 0 Å². The highest BCUT2D eigenvalue weighted by Crippen LogP contribution is 2.16. The second-order valence-corrected chi connectivity index (χ2v) is 6.04. The van der Waals surface area contributed by atoms with Crippen LogP contribution < -0.4 is 10.6 Å². The van der Waals surface area contributed by atoms with Gasteiger partial charge in [-0.05, 0) is 58.3 Å². The topological polar surface area (TPSA) is 52.8 Å². The molecular formula is C16H28N4O. The van der Waals surface area contributed by atoms with E-state index in [4.69, 9.17) is 4.42 Å². The minimum atomic E-state index is 0.110. The minimum Gasteiger partial charge on any atom is -0.464 e. The van der Waals surface area contributed by atoms with E-state index in [0.717, 1.165) is 30.6 Å². The van der Waals surface area contributed by atoms with Gasteiger partial charge in [-0.25, -0.2) is 0 Å². The van der Waals surface area contributed by atoms with Gasteiger partial charge in [0.1, 0.15) is 11.5 Å². The van der Waals surface area contributed by atoms with Gasteiger partial charge in [-0.3, -0.25) is 4.99 Å². The van der Waals surface area contributed by atoms with Crippen molar-refractivity contribution >= 4 is 5.96 Å². The highest BCUT2D eigenvalue weighted by atomic mass is 16.3. The molecule has 21 heavy (non-hydrogen) atoms. The first kappa shape index (κ1) is 15.9. The maximum absolute atomic E-state index is 5.65. The largest absolute Gasteiger partial charge is 0.464 e. The number of furan rings is 1. The van der Waals surface area contributed by atoms with Crippen LogP contribution in [0.4, 0.5) is 0 Å². The number of guanidine groups is 1. The van der Waals surface area contributed by atoms with Crippen molar-refractivity contribution in [2.75, 3.05) is 33.7 Å². The highest BCUT2D eigenvalue weighted by Gasteiger charge is 2.18. The van der Waals surface area contributed by atoms with Gasteiger partial charge in [-0.1, -0.05) is 0 Å². The maximum atomic E-state index is 5.65. The summed E-state index contributed by atoms with van der Waals surface area (Å²) in [5, 5.41) is 6.82. The molecule has 1 aliphatic rings. The summed E-state index contributed by atoms with van der Waals surface area (Å²) in [6, 6.07) is 4.11. The predicted molar refractivity (Wildman–Crippen MR) is 86.6 cm³/mol. The number of hydrogen-bond acceptors (Lipinski definition) is 3. The lowest BCUT2D eigenvalue weighted by Gasteiger charge is -2.30. The molecule has 5 nitrogen and oxygen atoms in total. The van der Waals surface area contributed by atoms with E-state index < -0.39 is 0 Å². The second kappa shape index (κ2) is 7.50. The molecule has 1 aromatic heterocycles. The zero-order chi connectivity index (χ0) is 15.2. The number of hydrogen-bond donors (Lipinski definition) is 2. The number of aryl methyl sites for hydroxylation is 1. The second-order valence-electron chi connectivity index (χ2n) is 6.04. The monoisotopic (exact) mass is 292 g/mol. The quantitative estimate of drug-likeness (QED) is 0.659. The summed E-state index contributed by atoms with van der Waals surface area (Å²) in [7, 11) is 4.00. The lowest BCUT2D eigenvalue weighted by Crippen LogP contribution is -2.44. The molecule has 2 rings (SSSR count). The summed E-state index contributed by atoms with van der Waals surface area (Å²) in [6.07, 6.45) is 2.58. The van der Waals surface area contributed by atoms with Gasteiger partial charge in [0.2, 0.25) is 0 Å². The van der Waals surface area contributed by atoms with Gasteiger partial charge >= 0.3 is 0 Å². The third-order valence-electron chi connectivity index (χ3n) is 4.05. The van der Waals surface area contributed by atoms with Crippen LogP contribution in [0.3, 0.4) is 0 Å². The normalized spacial score (nSPS) is 22.1. The molecule has 0 aromatic carbocycles. The number of nitrogens with zero attached hydrogens (tertiary/aromatic N) is 2. The molecule has 0 aliphatic carbocycles. The number of rotatable bonds is 4. The number of piperidine rings is 1. The SMILES string of the molecule is CN=C(NCC1CCCN(C)C1)NC(C)c1ccc(C)o1. The Morgan fingerprint density at radius 3 is 2.95 bits per heavy atom. The maximum Gasteiger partial charge on any atom is 0.191 e. The van der Waals surface area contributed by atoms with Crippen molar-refractivity contribution in [2.24, 2.45) is 10.9 Å². The van der Waals surface area contributed by atoms with E-state index in [1.165, 1.54) is 19.4 Å². The highest BCUT2D eigenvalue weighted by molar-refractivity contribution is 5.80. The summed E-state index contributed by atoms with van der Waals surface area (Å²) >= 11 is 0. The van der Waals surface area contributed by atoms with Crippen molar-refractivity contribution in [2.45, 2.75) is 32.7 Å². The Hall–Kier alpha value is -1.49. The molecule has 1 saturated heterocycles. The van der Waals surface area contributed by atoms with E-state index in [0.29, 0.717) is 5.92 Å². The van der Waals surface area contributed by atoms with Crippen LogP contribution in [0.1, 0.15) is 37.3 Å². The Bertz CT molecular complexity index is 469. The van der Waals surface area contributed by atoms with Gasteiger partial charge in [-0.15, -0.1) is 0 Å². The first-order valence-electron chi connectivity index (χ1n) is 7.80. The molecule has 1 aromatic rings. The summed E-state index contributed by atoms with van der Waals surface area (Å²) in [6.45, 7) is 7.39. The lowest BCUT2D eigenvalue weighted by atomic mass is 9.99. The van der Waals surface area contributed by atoms with E-state index in [9.17, 15) is 0 Å². The number of aliphatic imine (C=N–C) groups is 1. The Morgan fingerprint density at radius 2 is 2.33 bits per heavy atom. The summed E-state index contributed by atoms with van der Waals surface area (Å²) < 4.78 is 5.65. The molecule has 2 N–H and O–H groups in total. The zero-order valence-electron chi connectivity index (χ0n) is 13.6. The molecule has 0 saturated carbocycles. The van der Waals surface area contributed by atoms with Crippen LogP contribution in [0.15, 0.2) is 21.5 Å². The smallest absolute Gasteiger partial charge is 0.191 e. The van der Waals surface area contributed by atoms with Gasteiger partial charge in [0.05, 0.1) is 6.04 Å². The Labute approximate surface area is 127 Å². The van der Waals surface area contributed by atoms with E-state index in [2.05, 4.69) is 34.5 Å². The first-order chi connectivity index (χ1) is 10.1. The molecule has 1 aliphatic heterocycles. The third-order valence-corrected chi connectivity index (χ3v) is 4.05. The van der Waals surface area contributed by atoms with Crippen LogP contribution in [-0.2, 0) is 0 Å². The number of nitrogens with one attached hydrogen (secondary N) is 2. The molecular weight excluding hydrogens is 264 g/mol. The lowest BCUT2D eigenvalue weighted by molar-refractivity contribution is 0.210. The van der Waals surface area contributed by atoms with E-state index in [1.54, 1.807) is 0 Å².